The predicted octanol–water partition coefficient (Wildman–Crippen LogP) is 2.80. The summed E-state index contributed by atoms with van der Waals surface area (Å²) in [6.07, 6.45) is 3.56. The number of hydrogen-bond donors (Lipinski definition) is 1. The van der Waals surface area contributed by atoms with Crippen LogP contribution < -0.4 is 5.32 Å². The lowest BCUT2D eigenvalue weighted by atomic mass is 10.2. The molecule has 0 unspecified atom stereocenters. The van der Waals surface area contributed by atoms with Crippen molar-refractivity contribution in [3.05, 3.63) is 40.6 Å². The molecule has 0 saturated carbocycles. The van der Waals surface area contributed by atoms with Crippen molar-refractivity contribution < 1.29 is 0 Å². The van der Waals surface area contributed by atoms with E-state index >= 15 is 0 Å². The maximum atomic E-state index is 8.97. The Morgan fingerprint density at radius 3 is 2.94 bits per heavy atom. The number of rotatable bonds is 2. The molecule has 0 fully saturated rings. The lowest BCUT2D eigenvalue weighted by Crippen LogP contribution is -1.92. The van der Waals surface area contributed by atoms with Crippen LogP contribution in [-0.2, 0) is 7.05 Å². The normalized spacial score (nSPS) is 9.81. The molecule has 0 radical (unpaired) electrons. The summed E-state index contributed by atoms with van der Waals surface area (Å²) in [6.45, 7) is 0. The first-order valence-corrected chi connectivity index (χ1v) is 5.43. The van der Waals surface area contributed by atoms with E-state index in [1.807, 2.05) is 25.4 Å². The van der Waals surface area contributed by atoms with E-state index in [2.05, 4.69) is 32.4 Å². The minimum Gasteiger partial charge on any atom is -0.352 e. The maximum Gasteiger partial charge on any atom is 0.101 e. The zero-order valence-corrected chi connectivity index (χ0v) is 10.2. The summed E-state index contributed by atoms with van der Waals surface area (Å²) in [7, 11) is 1.84. The van der Waals surface area contributed by atoms with E-state index in [0.29, 0.717) is 5.56 Å². The van der Waals surface area contributed by atoms with Gasteiger partial charge in [0.2, 0.25) is 0 Å². The highest BCUT2D eigenvalue weighted by Gasteiger charge is 2.04. The van der Waals surface area contributed by atoms with Crippen LogP contribution >= 0.6 is 15.9 Å². The zero-order valence-electron chi connectivity index (χ0n) is 8.61. The molecule has 0 spiro atoms. The van der Waals surface area contributed by atoms with Gasteiger partial charge in [-0.05, 0) is 18.2 Å². The van der Waals surface area contributed by atoms with E-state index in [0.717, 1.165) is 15.8 Å². The van der Waals surface area contributed by atoms with Crippen LogP contribution in [0.3, 0.4) is 0 Å². The Bertz CT molecular complexity index is 553. The van der Waals surface area contributed by atoms with Gasteiger partial charge in [-0.15, -0.1) is 0 Å². The fourth-order valence-corrected chi connectivity index (χ4v) is 1.72. The first kappa shape index (κ1) is 10.7. The average molecular weight is 277 g/mol. The number of aryl methyl sites for hydroxylation is 1. The molecule has 0 atom stereocenters. The number of halogens is 1. The topological polar surface area (TPSA) is 53.6 Å². The third-order valence-corrected chi connectivity index (χ3v) is 2.58. The van der Waals surface area contributed by atoms with Crippen LogP contribution in [0, 0.1) is 11.3 Å². The van der Waals surface area contributed by atoms with E-state index < -0.39 is 0 Å². The van der Waals surface area contributed by atoms with Gasteiger partial charge in [-0.1, -0.05) is 15.9 Å². The van der Waals surface area contributed by atoms with Gasteiger partial charge in [0.05, 0.1) is 23.1 Å². The number of nitriles is 1. The van der Waals surface area contributed by atoms with Crippen molar-refractivity contribution in [1.82, 2.24) is 9.78 Å². The van der Waals surface area contributed by atoms with Gasteiger partial charge in [0.15, 0.2) is 0 Å². The van der Waals surface area contributed by atoms with E-state index in [1.54, 1.807) is 16.9 Å². The Kier molecular flexibility index (Phi) is 2.93. The van der Waals surface area contributed by atoms with Crippen LogP contribution in [0.4, 0.5) is 11.4 Å². The summed E-state index contributed by atoms with van der Waals surface area (Å²) >= 11 is 3.37. The molecule has 1 aromatic heterocycles. The van der Waals surface area contributed by atoms with E-state index in [1.165, 1.54) is 0 Å². The SMILES string of the molecule is Cn1cc(Nc2cc(Br)ccc2C#N)cn1. The van der Waals surface area contributed by atoms with Gasteiger partial charge in [0.25, 0.3) is 0 Å². The third kappa shape index (κ3) is 2.23. The summed E-state index contributed by atoms with van der Waals surface area (Å²) in [5.74, 6) is 0. The largest absolute Gasteiger partial charge is 0.352 e. The first-order valence-electron chi connectivity index (χ1n) is 4.64. The minimum absolute atomic E-state index is 0.604. The second kappa shape index (κ2) is 4.37. The molecular formula is C11H9BrN4. The van der Waals surface area contributed by atoms with Gasteiger partial charge in [0, 0.05) is 17.7 Å². The second-order valence-corrected chi connectivity index (χ2v) is 4.25. The Morgan fingerprint density at radius 1 is 1.50 bits per heavy atom. The molecular weight excluding hydrogens is 268 g/mol. The van der Waals surface area contributed by atoms with Crippen molar-refractivity contribution in [2.75, 3.05) is 5.32 Å². The highest BCUT2D eigenvalue weighted by molar-refractivity contribution is 9.10. The predicted molar refractivity (Wildman–Crippen MR) is 65.3 cm³/mol. The Hall–Kier alpha value is -1.80. The van der Waals surface area contributed by atoms with Crippen LogP contribution in [0.2, 0.25) is 0 Å². The average Bonchev–Trinajstić information content (AvgIpc) is 2.64. The smallest absolute Gasteiger partial charge is 0.101 e. The molecule has 5 heteroatoms. The van der Waals surface area contributed by atoms with E-state index in [-0.39, 0.29) is 0 Å². The maximum absolute atomic E-state index is 8.97. The van der Waals surface area contributed by atoms with Crippen molar-refractivity contribution in [2.45, 2.75) is 0 Å². The zero-order chi connectivity index (χ0) is 11.5. The van der Waals surface area contributed by atoms with E-state index in [9.17, 15) is 0 Å². The number of nitrogens with zero attached hydrogens (tertiary/aromatic N) is 3. The summed E-state index contributed by atoms with van der Waals surface area (Å²) in [5, 5.41) is 16.2. The minimum atomic E-state index is 0.604. The fraction of sp³-hybridized carbons (Fsp3) is 0.0909. The molecule has 16 heavy (non-hydrogen) atoms. The Balaban J connectivity index is 2.34. The van der Waals surface area contributed by atoms with Gasteiger partial charge in [-0.3, -0.25) is 4.68 Å². The molecule has 0 bridgehead atoms. The molecule has 0 saturated heterocycles. The molecule has 2 aromatic rings. The molecule has 0 aliphatic rings. The van der Waals surface area contributed by atoms with Gasteiger partial charge >= 0.3 is 0 Å². The number of aromatic nitrogens is 2. The Labute approximate surface area is 102 Å². The molecule has 0 aliphatic carbocycles. The number of nitrogens with one attached hydrogen (secondary N) is 1. The lowest BCUT2D eigenvalue weighted by molar-refractivity contribution is 0.768. The molecule has 0 amide bonds. The number of anilines is 2. The molecule has 1 N–H and O–H groups in total. The number of hydrogen-bond acceptors (Lipinski definition) is 3. The summed E-state index contributed by atoms with van der Waals surface area (Å²) < 4.78 is 2.63. The monoisotopic (exact) mass is 276 g/mol. The molecule has 0 aliphatic heterocycles. The number of benzene rings is 1. The van der Waals surface area contributed by atoms with Crippen LogP contribution in [0.1, 0.15) is 5.56 Å². The standard InChI is InChI=1S/C11H9BrN4/c1-16-7-10(6-14-16)15-11-4-9(12)3-2-8(11)5-13/h2-4,6-7,15H,1H3. The highest BCUT2D eigenvalue weighted by atomic mass is 79.9. The van der Waals surface area contributed by atoms with Gasteiger partial charge in [-0.2, -0.15) is 10.4 Å². The molecule has 2 rings (SSSR count). The highest BCUT2D eigenvalue weighted by Crippen LogP contribution is 2.24. The van der Waals surface area contributed by atoms with Crippen LogP contribution in [0.5, 0.6) is 0 Å². The first-order chi connectivity index (χ1) is 7.69. The van der Waals surface area contributed by atoms with E-state index in [4.69, 9.17) is 5.26 Å². The summed E-state index contributed by atoms with van der Waals surface area (Å²) in [5.41, 5.74) is 2.23. The third-order valence-electron chi connectivity index (χ3n) is 2.09. The molecule has 1 heterocycles. The molecule has 4 nitrogen and oxygen atoms in total. The van der Waals surface area contributed by atoms with Crippen molar-refractivity contribution in [1.29, 1.82) is 5.26 Å². The molecule has 1 aromatic carbocycles. The van der Waals surface area contributed by atoms with Crippen LogP contribution in [-0.4, -0.2) is 9.78 Å². The van der Waals surface area contributed by atoms with Crippen LogP contribution in [0.15, 0.2) is 35.1 Å². The Morgan fingerprint density at radius 2 is 2.31 bits per heavy atom. The van der Waals surface area contributed by atoms with Crippen molar-refractivity contribution in [2.24, 2.45) is 7.05 Å². The lowest BCUT2D eigenvalue weighted by Gasteiger charge is -2.05. The van der Waals surface area contributed by atoms with Crippen molar-refractivity contribution >= 4 is 27.3 Å². The van der Waals surface area contributed by atoms with Gasteiger partial charge in [-0.25, -0.2) is 0 Å². The summed E-state index contributed by atoms with van der Waals surface area (Å²) in [6, 6.07) is 7.61. The van der Waals surface area contributed by atoms with Gasteiger partial charge in [0.1, 0.15) is 6.07 Å². The molecule has 80 valence electrons. The fourth-order valence-electron chi connectivity index (χ4n) is 1.36. The van der Waals surface area contributed by atoms with Crippen molar-refractivity contribution in [3.63, 3.8) is 0 Å². The quantitative estimate of drug-likeness (QED) is 0.918. The van der Waals surface area contributed by atoms with Crippen molar-refractivity contribution in [3.8, 4) is 6.07 Å². The van der Waals surface area contributed by atoms with Crippen LogP contribution in [0.25, 0.3) is 0 Å². The van der Waals surface area contributed by atoms with Gasteiger partial charge < -0.3 is 5.32 Å². The summed E-state index contributed by atoms with van der Waals surface area (Å²) in [4.78, 5) is 0. The second-order valence-electron chi connectivity index (χ2n) is 3.33.